The minimum atomic E-state index is -0.391. The number of benzene rings is 2. The van der Waals surface area contributed by atoms with Crippen LogP contribution in [0.15, 0.2) is 64.3 Å². The molecular weight excluding hydrogens is 430 g/mol. The van der Waals surface area contributed by atoms with Gasteiger partial charge in [0.25, 0.3) is 0 Å². The fourth-order valence-electron chi connectivity index (χ4n) is 4.70. The third-order valence-electron chi connectivity index (χ3n) is 6.29. The minimum absolute atomic E-state index is 0.0390. The lowest BCUT2D eigenvalue weighted by molar-refractivity contribution is 0.266. The Bertz CT molecular complexity index is 1350. The molecule has 2 atom stereocenters. The molecule has 0 spiro atoms. The van der Waals surface area contributed by atoms with Crippen LogP contribution in [-0.2, 0) is 6.54 Å². The average molecular weight is 452 g/mol. The second-order valence-corrected chi connectivity index (χ2v) is 8.60. The molecule has 0 unspecified atom stereocenters. The van der Waals surface area contributed by atoms with E-state index in [1.165, 1.54) is 12.1 Å². The molecule has 0 radical (unpaired) electrons. The zero-order chi connectivity index (χ0) is 22.4. The molecule has 3 heterocycles. The standard InChI is InChI=1S/C24H22ClN3O4/c1-27-8-6-15(17(27)12-28-9-7-26-13-28)22-18(29)10-19(30)23-20(31)11-21(32-24(22)23)14-4-2-3-5-16(14)25/h2-5,7,9-11,13,15,17,29-30H,6,8,12H2,1H3/t15-,17+/m0/s1. The molecule has 2 N–H and O–H groups in total. The van der Waals surface area contributed by atoms with Crippen molar-refractivity contribution in [3.63, 3.8) is 0 Å². The van der Waals surface area contributed by atoms with E-state index >= 15 is 0 Å². The van der Waals surface area contributed by atoms with Crippen LogP contribution in [0.25, 0.3) is 22.3 Å². The summed E-state index contributed by atoms with van der Waals surface area (Å²) in [6, 6.07) is 9.68. The van der Waals surface area contributed by atoms with Crippen LogP contribution in [0.3, 0.4) is 0 Å². The van der Waals surface area contributed by atoms with Gasteiger partial charge in [-0.1, -0.05) is 23.7 Å². The number of hydrogen-bond donors (Lipinski definition) is 2. The Labute approximate surface area is 189 Å². The highest BCUT2D eigenvalue weighted by molar-refractivity contribution is 6.33. The van der Waals surface area contributed by atoms with E-state index in [1.807, 2.05) is 17.8 Å². The van der Waals surface area contributed by atoms with Crippen molar-refractivity contribution < 1.29 is 14.6 Å². The van der Waals surface area contributed by atoms with E-state index in [9.17, 15) is 15.0 Å². The lowest BCUT2D eigenvalue weighted by Crippen LogP contribution is -2.32. The van der Waals surface area contributed by atoms with Crippen LogP contribution in [0.5, 0.6) is 11.5 Å². The number of imidazole rings is 1. The number of phenolic OH excluding ortho intramolecular Hbond substituents is 2. The van der Waals surface area contributed by atoms with Gasteiger partial charge in [0.15, 0.2) is 5.43 Å². The third kappa shape index (κ3) is 3.43. The first kappa shape index (κ1) is 20.6. The quantitative estimate of drug-likeness (QED) is 0.483. The number of aromatic hydroxyl groups is 2. The van der Waals surface area contributed by atoms with Gasteiger partial charge >= 0.3 is 0 Å². The molecule has 4 aromatic rings. The van der Waals surface area contributed by atoms with Crippen LogP contribution in [0, 0.1) is 0 Å². The summed E-state index contributed by atoms with van der Waals surface area (Å²) >= 11 is 6.34. The van der Waals surface area contributed by atoms with E-state index in [-0.39, 0.29) is 40.2 Å². The lowest BCUT2D eigenvalue weighted by atomic mass is 9.89. The molecule has 0 aliphatic carbocycles. The van der Waals surface area contributed by atoms with Crippen molar-refractivity contribution in [2.75, 3.05) is 13.6 Å². The molecule has 2 aromatic heterocycles. The maximum absolute atomic E-state index is 13.0. The van der Waals surface area contributed by atoms with E-state index in [0.717, 1.165) is 13.0 Å². The lowest BCUT2D eigenvalue weighted by Gasteiger charge is -2.26. The zero-order valence-electron chi connectivity index (χ0n) is 17.4. The van der Waals surface area contributed by atoms with Gasteiger partial charge in [0.2, 0.25) is 0 Å². The van der Waals surface area contributed by atoms with Crippen LogP contribution in [-0.4, -0.2) is 44.3 Å². The summed E-state index contributed by atoms with van der Waals surface area (Å²) in [5, 5.41) is 21.9. The molecule has 1 saturated heterocycles. The molecule has 32 heavy (non-hydrogen) atoms. The number of likely N-dealkylation sites (N-methyl/N-ethyl adjacent to an activating group) is 1. The normalized spacial score (nSPS) is 19.1. The van der Waals surface area contributed by atoms with Gasteiger partial charge in [-0.15, -0.1) is 0 Å². The zero-order valence-corrected chi connectivity index (χ0v) is 18.2. The van der Waals surface area contributed by atoms with Gasteiger partial charge < -0.3 is 24.1 Å². The number of halogens is 1. The van der Waals surface area contributed by atoms with Gasteiger partial charge in [0, 0.05) is 54.2 Å². The fraction of sp³-hybridized carbons (Fsp3) is 0.250. The minimum Gasteiger partial charge on any atom is -0.507 e. The van der Waals surface area contributed by atoms with Gasteiger partial charge in [0.05, 0.1) is 11.3 Å². The molecule has 5 rings (SSSR count). The first-order valence-electron chi connectivity index (χ1n) is 10.4. The van der Waals surface area contributed by atoms with E-state index in [2.05, 4.69) is 9.88 Å². The second-order valence-electron chi connectivity index (χ2n) is 8.19. The van der Waals surface area contributed by atoms with Crippen molar-refractivity contribution in [2.24, 2.45) is 0 Å². The fourth-order valence-corrected chi connectivity index (χ4v) is 4.92. The summed E-state index contributed by atoms with van der Waals surface area (Å²) < 4.78 is 8.18. The summed E-state index contributed by atoms with van der Waals surface area (Å²) in [5.41, 5.74) is 0.900. The van der Waals surface area contributed by atoms with Crippen molar-refractivity contribution in [2.45, 2.75) is 24.9 Å². The summed E-state index contributed by atoms with van der Waals surface area (Å²) in [4.78, 5) is 19.4. The predicted molar refractivity (Wildman–Crippen MR) is 122 cm³/mol. The number of fused-ring (bicyclic) bond motifs is 1. The van der Waals surface area contributed by atoms with Gasteiger partial charge in [0.1, 0.15) is 28.2 Å². The summed E-state index contributed by atoms with van der Waals surface area (Å²) in [6.07, 6.45) is 6.15. The van der Waals surface area contributed by atoms with E-state index in [4.69, 9.17) is 16.0 Å². The van der Waals surface area contributed by atoms with Crippen LogP contribution in [0.2, 0.25) is 5.02 Å². The highest BCUT2D eigenvalue weighted by atomic mass is 35.5. The Balaban J connectivity index is 1.72. The Morgan fingerprint density at radius 3 is 2.78 bits per heavy atom. The van der Waals surface area contributed by atoms with Gasteiger partial charge in [-0.25, -0.2) is 4.98 Å². The Morgan fingerprint density at radius 2 is 2.03 bits per heavy atom. The molecule has 8 heteroatoms. The van der Waals surface area contributed by atoms with Gasteiger partial charge in [-0.3, -0.25) is 4.79 Å². The number of hydrogen-bond acceptors (Lipinski definition) is 6. The number of rotatable bonds is 4. The first-order valence-corrected chi connectivity index (χ1v) is 10.8. The highest BCUT2D eigenvalue weighted by Crippen LogP contribution is 2.45. The maximum Gasteiger partial charge on any atom is 0.197 e. The largest absolute Gasteiger partial charge is 0.507 e. The van der Waals surface area contributed by atoms with Gasteiger partial charge in [-0.05, 0) is 32.1 Å². The second kappa shape index (κ2) is 8.00. The Kier molecular flexibility index (Phi) is 5.15. The topological polar surface area (TPSA) is 91.7 Å². The summed E-state index contributed by atoms with van der Waals surface area (Å²) in [5.74, 6) is -0.226. The van der Waals surface area contributed by atoms with Crippen molar-refractivity contribution in [3.8, 4) is 22.8 Å². The molecule has 0 bridgehead atoms. The van der Waals surface area contributed by atoms with E-state index in [1.54, 1.807) is 36.8 Å². The van der Waals surface area contributed by atoms with Crippen LogP contribution >= 0.6 is 11.6 Å². The van der Waals surface area contributed by atoms with Crippen LogP contribution in [0.4, 0.5) is 0 Å². The third-order valence-corrected chi connectivity index (χ3v) is 6.62. The molecule has 1 aliphatic rings. The SMILES string of the molecule is CN1CC[C@H](c2c(O)cc(O)c3c(=O)cc(-c4ccccc4Cl)oc23)[C@H]1Cn1ccnc1. The number of aromatic nitrogens is 2. The van der Waals surface area contributed by atoms with Crippen molar-refractivity contribution in [1.29, 1.82) is 0 Å². The van der Waals surface area contributed by atoms with Gasteiger partial charge in [-0.2, -0.15) is 0 Å². The van der Waals surface area contributed by atoms with Crippen molar-refractivity contribution >= 4 is 22.6 Å². The molecule has 0 saturated carbocycles. The summed E-state index contributed by atoms with van der Waals surface area (Å²) in [6.45, 7) is 1.48. The molecule has 164 valence electrons. The Hall–Kier alpha value is -3.29. The molecule has 0 amide bonds. The van der Waals surface area contributed by atoms with Crippen molar-refractivity contribution in [3.05, 3.63) is 75.9 Å². The predicted octanol–water partition coefficient (Wildman–Crippen LogP) is 4.21. The number of likely N-dealkylation sites (tertiary alicyclic amines) is 1. The monoisotopic (exact) mass is 451 g/mol. The van der Waals surface area contributed by atoms with E-state index < -0.39 is 5.43 Å². The summed E-state index contributed by atoms with van der Waals surface area (Å²) in [7, 11) is 2.03. The maximum atomic E-state index is 13.0. The molecule has 7 nitrogen and oxygen atoms in total. The molecular formula is C24H22ClN3O4. The number of phenols is 2. The smallest absolute Gasteiger partial charge is 0.197 e. The average Bonchev–Trinajstić information content (AvgIpc) is 3.39. The van der Waals surface area contributed by atoms with E-state index in [0.29, 0.717) is 22.7 Å². The van der Waals surface area contributed by atoms with Crippen molar-refractivity contribution in [1.82, 2.24) is 14.5 Å². The van der Waals surface area contributed by atoms with Crippen LogP contribution < -0.4 is 5.43 Å². The molecule has 1 aliphatic heterocycles. The highest BCUT2D eigenvalue weighted by Gasteiger charge is 2.37. The first-order chi connectivity index (χ1) is 15.4. The molecule has 1 fully saturated rings. The van der Waals surface area contributed by atoms with Crippen LogP contribution in [0.1, 0.15) is 17.9 Å². The number of nitrogens with zero attached hydrogens (tertiary/aromatic N) is 3. The molecule has 2 aromatic carbocycles. The Morgan fingerprint density at radius 1 is 1.22 bits per heavy atom.